The van der Waals surface area contributed by atoms with Gasteiger partial charge in [0.05, 0.1) is 11.8 Å². The lowest BCUT2D eigenvalue weighted by molar-refractivity contribution is -0.152. The van der Waals surface area contributed by atoms with Crippen molar-refractivity contribution in [3.8, 4) is 0 Å². The Balaban J connectivity index is 1.55. The molecular weight excluding hydrogens is 348 g/mol. The fraction of sp³-hybridized carbons (Fsp3) is 0.444. The summed E-state index contributed by atoms with van der Waals surface area (Å²) in [7, 11) is 0. The molecule has 2 fully saturated rings. The normalized spacial score (nSPS) is 22.3. The van der Waals surface area contributed by atoms with Gasteiger partial charge in [-0.1, -0.05) is 12.8 Å². The number of amides is 2. The molecule has 1 aliphatic carbocycles. The molecule has 1 aliphatic heterocycles. The van der Waals surface area contributed by atoms with E-state index in [4.69, 9.17) is 4.74 Å². The Morgan fingerprint density at radius 3 is 2.23 bits per heavy atom. The number of nitrogens with zero attached hydrogens (tertiary/aromatic N) is 1. The van der Waals surface area contributed by atoms with Crippen molar-refractivity contribution in [3.63, 3.8) is 0 Å². The van der Waals surface area contributed by atoms with E-state index in [-0.39, 0.29) is 29.2 Å². The van der Waals surface area contributed by atoms with Gasteiger partial charge in [0, 0.05) is 5.56 Å². The Hall–Kier alpha value is -2.64. The zero-order valence-corrected chi connectivity index (χ0v) is 13.9. The average Bonchev–Trinajstić information content (AvgIpc) is 2.87. The molecule has 6 nitrogen and oxygen atoms in total. The summed E-state index contributed by atoms with van der Waals surface area (Å²) >= 11 is 0. The van der Waals surface area contributed by atoms with E-state index in [0.717, 1.165) is 29.9 Å². The summed E-state index contributed by atoms with van der Waals surface area (Å²) in [6, 6.07) is 2.59. The second-order valence-corrected chi connectivity index (χ2v) is 6.47. The van der Waals surface area contributed by atoms with E-state index in [0.29, 0.717) is 18.9 Å². The number of esters is 1. The molecule has 26 heavy (non-hydrogen) atoms. The summed E-state index contributed by atoms with van der Waals surface area (Å²) in [6.07, 6.45) is 3.02. The van der Waals surface area contributed by atoms with Crippen LogP contribution in [0.15, 0.2) is 18.2 Å². The van der Waals surface area contributed by atoms with Crippen LogP contribution in [0.5, 0.6) is 0 Å². The first-order valence-electron chi connectivity index (χ1n) is 8.37. The molecule has 1 aromatic rings. The van der Waals surface area contributed by atoms with Gasteiger partial charge in [0.15, 0.2) is 24.0 Å². The lowest BCUT2D eigenvalue weighted by Crippen LogP contribution is -2.37. The summed E-state index contributed by atoms with van der Waals surface area (Å²) in [5.41, 5.74) is -0.143. The zero-order valence-electron chi connectivity index (χ0n) is 13.9. The Morgan fingerprint density at radius 2 is 1.65 bits per heavy atom. The lowest BCUT2D eigenvalue weighted by Gasteiger charge is -2.19. The number of Topliss-reactive ketones (excluding diaryl/α,β-unsaturated/α-hetero) is 1. The molecule has 2 amide bonds. The van der Waals surface area contributed by atoms with E-state index in [1.54, 1.807) is 0 Å². The molecule has 8 heteroatoms. The molecule has 3 rings (SSSR count). The highest BCUT2D eigenvalue weighted by Crippen LogP contribution is 2.37. The number of hydrogen-bond acceptors (Lipinski definition) is 5. The van der Waals surface area contributed by atoms with Gasteiger partial charge >= 0.3 is 5.97 Å². The van der Waals surface area contributed by atoms with Gasteiger partial charge in [-0.25, -0.2) is 8.78 Å². The molecule has 0 spiro atoms. The second-order valence-electron chi connectivity index (χ2n) is 6.47. The molecule has 138 valence electrons. The van der Waals surface area contributed by atoms with Crippen LogP contribution in [-0.2, 0) is 19.1 Å². The van der Waals surface area contributed by atoms with Crippen molar-refractivity contribution in [2.45, 2.75) is 25.7 Å². The molecule has 1 saturated carbocycles. The third-order valence-electron chi connectivity index (χ3n) is 4.83. The van der Waals surface area contributed by atoms with Gasteiger partial charge < -0.3 is 4.74 Å². The number of benzene rings is 1. The van der Waals surface area contributed by atoms with Gasteiger partial charge in [-0.15, -0.1) is 0 Å². The molecule has 0 aromatic heterocycles. The fourth-order valence-electron chi connectivity index (χ4n) is 3.46. The van der Waals surface area contributed by atoms with Crippen molar-refractivity contribution in [1.82, 2.24) is 4.90 Å². The quantitative estimate of drug-likeness (QED) is 0.452. The van der Waals surface area contributed by atoms with Crippen LogP contribution in [0.2, 0.25) is 0 Å². The third-order valence-corrected chi connectivity index (χ3v) is 4.83. The van der Waals surface area contributed by atoms with E-state index in [1.165, 1.54) is 0 Å². The average molecular weight is 365 g/mol. The molecule has 2 aliphatic rings. The summed E-state index contributed by atoms with van der Waals surface area (Å²) in [6.45, 7) is -1.23. The minimum Gasteiger partial charge on any atom is -0.456 e. The van der Waals surface area contributed by atoms with E-state index in [2.05, 4.69) is 0 Å². The van der Waals surface area contributed by atoms with Gasteiger partial charge in [0.1, 0.15) is 6.54 Å². The number of rotatable bonds is 5. The maximum atomic E-state index is 13.1. The van der Waals surface area contributed by atoms with Crippen LogP contribution in [0.1, 0.15) is 36.0 Å². The number of fused-ring (bicyclic) bond motifs is 1. The van der Waals surface area contributed by atoms with Crippen molar-refractivity contribution >= 4 is 23.6 Å². The van der Waals surface area contributed by atoms with Gasteiger partial charge in [-0.3, -0.25) is 24.1 Å². The number of likely N-dealkylation sites (tertiary alicyclic amines) is 1. The number of halogens is 2. The topological polar surface area (TPSA) is 80.8 Å². The van der Waals surface area contributed by atoms with Crippen LogP contribution in [0.3, 0.4) is 0 Å². The van der Waals surface area contributed by atoms with Crippen LogP contribution >= 0.6 is 0 Å². The Kier molecular flexibility index (Phi) is 5.11. The van der Waals surface area contributed by atoms with E-state index < -0.39 is 36.5 Å². The van der Waals surface area contributed by atoms with Crippen LogP contribution in [0, 0.1) is 23.5 Å². The highest BCUT2D eigenvalue weighted by atomic mass is 19.2. The highest BCUT2D eigenvalue weighted by molar-refractivity contribution is 6.07. The third kappa shape index (κ3) is 3.49. The summed E-state index contributed by atoms with van der Waals surface area (Å²) in [4.78, 5) is 49.2. The van der Waals surface area contributed by atoms with Crippen LogP contribution in [0.25, 0.3) is 0 Å². The van der Waals surface area contributed by atoms with Crippen molar-refractivity contribution in [2.24, 2.45) is 11.8 Å². The van der Waals surface area contributed by atoms with Gasteiger partial charge in [0.25, 0.3) is 0 Å². The lowest BCUT2D eigenvalue weighted by atomic mass is 9.81. The maximum absolute atomic E-state index is 13.1. The number of ether oxygens (including phenoxy) is 1. The number of hydrogen-bond donors (Lipinski definition) is 0. The smallest absolute Gasteiger partial charge is 0.326 e. The first kappa shape index (κ1) is 18.2. The first-order chi connectivity index (χ1) is 12.4. The second kappa shape index (κ2) is 7.31. The van der Waals surface area contributed by atoms with E-state index in [9.17, 15) is 28.0 Å². The molecular formula is C18H17F2NO5. The Bertz CT molecular complexity index is 755. The SMILES string of the molecule is O=C(CN1C(=O)[C@@H]2CCCC[C@H]2C1=O)OCC(=O)c1ccc(F)c(F)c1. The monoisotopic (exact) mass is 365 g/mol. The van der Waals surface area contributed by atoms with Crippen molar-refractivity contribution < 1.29 is 32.7 Å². The predicted molar refractivity (Wildman–Crippen MR) is 83.8 cm³/mol. The molecule has 1 aromatic carbocycles. The summed E-state index contributed by atoms with van der Waals surface area (Å²) in [5.74, 6) is -5.37. The van der Waals surface area contributed by atoms with Crippen LogP contribution in [0.4, 0.5) is 8.78 Å². The molecule has 0 unspecified atom stereocenters. The van der Waals surface area contributed by atoms with Gasteiger partial charge in [-0.2, -0.15) is 0 Å². The van der Waals surface area contributed by atoms with Gasteiger partial charge in [0.2, 0.25) is 11.8 Å². The van der Waals surface area contributed by atoms with E-state index in [1.807, 2.05) is 0 Å². The van der Waals surface area contributed by atoms with Crippen LogP contribution in [-0.4, -0.2) is 41.6 Å². The first-order valence-corrected chi connectivity index (χ1v) is 8.37. The van der Waals surface area contributed by atoms with Crippen molar-refractivity contribution in [3.05, 3.63) is 35.4 Å². The van der Waals surface area contributed by atoms with Crippen LogP contribution < -0.4 is 0 Å². The Labute approximate surface area is 148 Å². The summed E-state index contributed by atoms with van der Waals surface area (Å²) < 4.78 is 30.8. The number of carbonyl (C=O) groups is 4. The molecule has 1 heterocycles. The minimum absolute atomic E-state index is 0.143. The molecule has 0 N–H and O–H groups in total. The number of ketones is 1. The van der Waals surface area contributed by atoms with Gasteiger partial charge in [-0.05, 0) is 31.0 Å². The predicted octanol–water partition coefficient (Wildman–Crippen LogP) is 1.87. The Morgan fingerprint density at radius 1 is 1.04 bits per heavy atom. The molecule has 0 radical (unpaired) electrons. The van der Waals surface area contributed by atoms with Crippen molar-refractivity contribution in [1.29, 1.82) is 0 Å². The van der Waals surface area contributed by atoms with Crippen molar-refractivity contribution in [2.75, 3.05) is 13.2 Å². The fourth-order valence-corrected chi connectivity index (χ4v) is 3.46. The standard InChI is InChI=1S/C18H17F2NO5/c19-13-6-5-10(7-14(13)20)15(22)9-26-16(23)8-21-17(24)11-3-1-2-4-12(11)18(21)25/h5-7,11-12H,1-4,8-9H2/t11-,12-/m1/s1. The maximum Gasteiger partial charge on any atom is 0.326 e. The number of carbonyl (C=O) groups excluding carboxylic acids is 4. The molecule has 2 atom stereocenters. The van der Waals surface area contributed by atoms with E-state index >= 15 is 0 Å². The number of imide groups is 1. The highest BCUT2D eigenvalue weighted by Gasteiger charge is 2.48. The zero-order chi connectivity index (χ0) is 18.8. The largest absolute Gasteiger partial charge is 0.456 e. The summed E-state index contributed by atoms with van der Waals surface area (Å²) in [5, 5.41) is 0. The molecule has 0 bridgehead atoms. The molecule has 1 saturated heterocycles. The minimum atomic E-state index is -1.18.